The fraction of sp³-hybridized carbons (Fsp3) is 0.440. The van der Waals surface area contributed by atoms with Crippen LogP contribution < -0.4 is 5.32 Å². The van der Waals surface area contributed by atoms with E-state index >= 15 is 0 Å². The third-order valence-electron chi connectivity index (χ3n) is 7.31. The van der Waals surface area contributed by atoms with E-state index in [0.29, 0.717) is 12.5 Å². The molecule has 5 rings (SSSR count). The van der Waals surface area contributed by atoms with Crippen molar-refractivity contribution in [2.45, 2.75) is 57.0 Å². The molecule has 1 fully saturated rings. The predicted molar refractivity (Wildman–Crippen MR) is 118 cm³/mol. The van der Waals surface area contributed by atoms with Crippen LogP contribution in [0.4, 0.5) is 4.39 Å². The van der Waals surface area contributed by atoms with Gasteiger partial charge in [-0.1, -0.05) is 0 Å². The van der Waals surface area contributed by atoms with Crippen LogP contribution in [-0.2, 0) is 16.6 Å². The van der Waals surface area contributed by atoms with Crippen molar-refractivity contribution in [1.82, 2.24) is 15.1 Å². The Morgan fingerprint density at radius 3 is 2.87 bits per heavy atom. The number of carbonyl (C=O) groups excluding carboxylic acids is 1. The zero-order valence-electron chi connectivity index (χ0n) is 17.8. The Morgan fingerprint density at radius 1 is 1.29 bits per heavy atom. The van der Waals surface area contributed by atoms with E-state index < -0.39 is 0 Å². The van der Waals surface area contributed by atoms with Gasteiger partial charge in [0.2, 0.25) is 5.91 Å². The van der Waals surface area contributed by atoms with E-state index in [0.717, 1.165) is 55.1 Å². The molecular weight excluding hydrogens is 393 g/mol. The Kier molecular flexibility index (Phi) is 5.05. The third kappa shape index (κ3) is 3.53. The molecule has 5 nitrogen and oxygen atoms in total. The highest BCUT2D eigenvalue weighted by molar-refractivity contribution is 5.83. The number of aromatic nitrogens is 2. The lowest BCUT2D eigenvalue weighted by Gasteiger charge is -2.46. The molecule has 0 radical (unpaired) electrons. The van der Waals surface area contributed by atoms with Crippen LogP contribution in [0, 0.1) is 11.7 Å². The lowest BCUT2D eigenvalue weighted by molar-refractivity contribution is -0.119. The van der Waals surface area contributed by atoms with Crippen molar-refractivity contribution < 1.29 is 14.3 Å². The maximum Gasteiger partial charge on any atom is 0.216 e. The van der Waals surface area contributed by atoms with Crippen LogP contribution in [0.5, 0.6) is 0 Å². The number of nitrogens with zero attached hydrogens (tertiary/aromatic N) is 2. The number of rotatable bonds is 3. The van der Waals surface area contributed by atoms with Crippen LogP contribution in [0.2, 0.25) is 0 Å². The van der Waals surface area contributed by atoms with Gasteiger partial charge < -0.3 is 10.4 Å². The maximum atomic E-state index is 13.4. The molecular formula is C25H28FN3O2. The number of aliphatic hydroxyl groups excluding tert-OH is 1. The molecule has 2 aliphatic rings. The van der Waals surface area contributed by atoms with Crippen molar-refractivity contribution in [3.05, 3.63) is 59.5 Å². The van der Waals surface area contributed by atoms with Crippen LogP contribution in [-0.4, -0.2) is 33.4 Å². The normalized spacial score (nSPS) is 25.5. The summed E-state index contributed by atoms with van der Waals surface area (Å²) in [6.45, 7) is 2.17. The van der Waals surface area contributed by atoms with Crippen molar-refractivity contribution >= 4 is 16.8 Å². The van der Waals surface area contributed by atoms with Gasteiger partial charge in [0.25, 0.3) is 0 Å². The molecule has 2 N–H and O–H groups in total. The molecule has 1 saturated carbocycles. The smallest absolute Gasteiger partial charge is 0.216 e. The molecule has 3 atom stereocenters. The first kappa shape index (κ1) is 20.2. The summed E-state index contributed by atoms with van der Waals surface area (Å²) in [5, 5.41) is 19.1. The van der Waals surface area contributed by atoms with Crippen LogP contribution in [0.15, 0.2) is 42.6 Å². The van der Waals surface area contributed by atoms with Crippen LogP contribution in [0.1, 0.15) is 50.2 Å². The van der Waals surface area contributed by atoms with Gasteiger partial charge in [-0.2, -0.15) is 5.10 Å². The molecule has 3 aromatic rings. The number of nitrogens with one attached hydrogen (secondary N) is 1. The number of carbonyl (C=O) groups is 1. The Labute approximate surface area is 181 Å². The highest BCUT2D eigenvalue weighted by Crippen LogP contribution is 2.49. The number of fused-ring (bicyclic) bond motifs is 4. The standard InChI is InChI=1S/C25H28FN3O2/c1-16(30)27-15-25-10-9-22(31)13-19(25)4-2-3-17-12-24-18(11-23(17)25)14-28-29(24)21-7-5-20(26)6-8-21/h5-8,11-12,14,19,22,31H,2-4,9-10,13,15H2,1H3,(H,27,30). The van der Waals surface area contributed by atoms with E-state index in [1.807, 2.05) is 10.9 Å². The van der Waals surface area contributed by atoms with Gasteiger partial charge in [-0.15, -0.1) is 0 Å². The molecule has 162 valence electrons. The summed E-state index contributed by atoms with van der Waals surface area (Å²) in [5.74, 6) is 0.0590. The zero-order valence-corrected chi connectivity index (χ0v) is 17.8. The summed E-state index contributed by atoms with van der Waals surface area (Å²) in [6.07, 6.45) is 7.07. The van der Waals surface area contributed by atoms with Crippen LogP contribution in [0.25, 0.3) is 16.6 Å². The molecule has 1 heterocycles. The SMILES string of the molecule is CC(=O)NCC12CCC(O)CC1CCCc1cc3c(cnn3-c3ccc(F)cc3)cc12. The lowest BCUT2D eigenvalue weighted by atomic mass is 9.60. The maximum absolute atomic E-state index is 13.4. The average molecular weight is 422 g/mol. The molecule has 2 aliphatic carbocycles. The highest BCUT2D eigenvalue weighted by Gasteiger charge is 2.46. The number of amides is 1. The largest absolute Gasteiger partial charge is 0.393 e. The number of aliphatic hydroxyl groups is 1. The molecule has 1 aromatic heterocycles. The van der Waals surface area contributed by atoms with E-state index in [1.165, 1.54) is 23.3 Å². The molecule has 2 aromatic carbocycles. The zero-order chi connectivity index (χ0) is 21.6. The van der Waals surface area contributed by atoms with Crippen molar-refractivity contribution in [2.24, 2.45) is 5.92 Å². The number of hydrogen-bond donors (Lipinski definition) is 2. The predicted octanol–water partition coefficient (Wildman–Crippen LogP) is 4.04. The molecule has 31 heavy (non-hydrogen) atoms. The first-order valence-corrected chi connectivity index (χ1v) is 11.2. The lowest BCUT2D eigenvalue weighted by Crippen LogP contribution is -2.49. The first-order chi connectivity index (χ1) is 15.0. The van der Waals surface area contributed by atoms with E-state index in [2.05, 4.69) is 22.5 Å². The second-order valence-electron chi connectivity index (χ2n) is 9.18. The van der Waals surface area contributed by atoms with E-state index in [-0.39, 0.29) is 23.2 Å². The summed E-state index contributed by atoms with van der Waals surface area (Å²) in [7, 11) is 0. The van der Waals surface area contributed by atoms with Gasteiger partial charge in [0.05, 0.1) is 23.5 Å². The van der Waals surface area contributed by atoms with E-state index in [1.54, 1.807) is 19.1 Å². The second kappa shape index (κ2) is 7.75. The second-order valence-corrected chi connectivity index (χ2v) is 9.18. The van der Waals surface area contributed by atoms with Crippen molar-refractivity contribution in [3.8, 4) is 5.69 Å². The van der Waals surface area contributed by atoms with E-state index in [9.17, 15) is 14.3 Å². The molecule has 1 amide bonds. The molecule has 3 unspecified atom stereocenters. The molecule has 0 spiro atoms. The Balaban J connectivity index is 1.65. The number of benzene rings is 2. The van der Waals surface area contributed by atoms with E-state index in [4.69, 9.17) is 0 Å². The third-order valence-corrected chi connectivity index (χ3v) is 7.31. The van der Waals surface area contributed by atoms with Gasteiger partial charge >= 0.3 is 0 Å². The van der Waals surface area contributed by atoms with Crippen molar-refractivity contribution in [1.29, 1.82) is 0 Å². The van der Waals surface area contributed by atoms with Crippen molar-refractivity contribution in [3.63, 3.8) is 0 Å². The molecule has 0 saturated heterocycles. The summed E-state index contributed by atoms with van der Waals surface area (Å²) >= 11 is 0. The average Bonchev–Trinajstić information content (AvgIpc) is 3.09. The van der Waals surface area contributed by atoms with Crippen LogP contribution in [0.3, 0.4) is 0 Å². The minimum atomic E-state index is -0.264. The Bertz CT molecular complexity index is 1120. The molecule has 0 bridgehead atoms. The van der Waals surface area contributed by atoms with Gasteiger partial charge in [-0.3, -0.25) is 4.79 Å². The summed E-state index contributed by atoms with van der Waals surface area (Å²) in [5.41, 5.74) is 4.26. The van der Waals surface area contributed by atoms with Gasteiger partial charge in [0, 0.05) is 24.3 Å². The highest BCUT2D eigenvalue weighted by atomic mass is 19.1. The Hall–Kier alpha value is -2.73. The van der Waals surface area contributed by atoms with Gasteiger partial charge in [-0.25, -0.2) is 9.07 Å². The number of halogens is 1. The summed E-state index contributed by atoms with van der Waals surface area (Å²) in [6, 6.07) is 10.9. The van der Waals surface area contributed by atoms with Gasteiger partial charge in [-0.05, 0) is 92.0 Å². The fourth-order valence-electron chi connectivity index (χ4n) is 5.77. The van der Waals surface area contributed by atoms with Crippen molar-refractivity contribution in [2.75, 3.05) is 6.54 Å². The summed E-state index contributed by atoms with van der Waals surface area (Å²) in [4.78, 5) is 11.8. The fourth-order valence-corrected chi connectivity index (χ4v) is 5.77. The number of aryl methyl sites for hydroxylation is 1. The minimum Gasteiger partial charge on any atom is -0.393 e. The van der Waals surface area contributed by atoms with Crippen LogP contribution >= 0.6 is 0 Å². The van der Waals surface area contributed by atoms with Gasteiger partial charge in [0.15, 0.2) is 0 Å². The first-order valence-electron chi connectivity index (χ1n) is 11.2. The Morgan fingerprint density at radius 2 is 2.10 bits per heavy atom. The quantitative estimate of drug-likeness (QED) is 0.671. The minimum absolute atomic E-state index is 0.0183. The summed E-state index contributed by atoms with van der Waals surface area (Å²) < 4.78 is 15.3. The number of hydrogen-bond acceptors (Lipinski definition) is 3. The topological polar surface area (TPSA) is 67.2 Å². The van der Waals surface area contributed by atoms with Gasteiger partial charge in [0.1, 0.15) is 5.82 Å². The monoisotopic (exact) mass is 421 g/mol. The molecule has 6 heteroatoms. The molecule has 0 aliphatic heterocycles.